The van der Waals surface area contributed by atoms with E-state index in [4.69, 9.17) is 4.74 Å². The Morgan fingerprint density at radius 3 is 2.81 bits per heavy atom. The Labute approximate surface area is 126 Å². The Hall–Kier alpha value is -1.77. The lowest BCUT2D eigenvalue weighted by Gasteiger charge is -2.39. The van der Waals surface area contributed by atoms with E-state index in [1.807, 2.05) is 24.4 Å². The van der Waals surface area contributed by atoms with Gasteiger partial charge in [0, 0.05) is 23.0 Å². The van der Waals surface area contributed by atoms with E-state index < -0.39 is 0 Å². The predicted octanol–water partition coefficient (Wildman–Crippen LogP) is 4.62. The van der Waals surface area contributed by atoms with E-state index in [1.54, 1.807) is 7.11 Å². The number of hydrogen-bond donors (Lipinski definition) is 1. The summed E-state index contributed by atoms with van der Waals surface area (Å²) in [5.74, 6) is 1.88. The number of pyridine rings is 1. The smallest absolute Gasteiger partial charge is 0.134 e. The SMILES string of the molecule is COc1cccc2c(NC3CCCCC3(C)C)nccc12. The van der Waals surface area contributed by atoms with E-state index in [2.05, 4.69) is 30.2 Å². The molecule has 0 amide bonds. The molecule has 1 N–H and O–H groups in total. The topological polar surface area (TPSA) is 34.1 Å². The molecule has 1 aromatic carbocycles. The summed E-state index contributed by atoms with van der Waals surface area (Å²) in [6.07, 6.45) is 6.99. The van der Waals surface area contributed by atoms with Crippen LogP contribution in [0.5, 0.6) is 5.75 Å². The molecule has 2 aromatic rings. The predicted molar refractivity (Wildman–Crippen MR) is 88.0 cm³/mol. The molecule has 3 nitrogen and oxygen atoms in total. The largest absolute Gasteiger partial charge is 0.496 e. The Bertz CT molecular complexity index is 636. The second kappa shape index (κ2) is 5.55. The van der Waals surface area contributed by atoms with Crippen molar-refractivity contribution >= 4 is 16.6 Å². The Morgan fingerprint density at radius 2 is 2.05 bits per heavy atom. The molecule has 3 heteroatoms. The van der Waals surface area contributed by atoms with Crippen LogP contribution in [0, 0.1) is 5.41 Å². The average molecular weight is 284 g/mol. The molecule has 112 valence electrons. The first-order valence-corrected chi connectivity index (χ1v) is 7.80. The van der Waals surface area contributed by atoms with Gasteiger partial charge in [0.2, 0.25) is 0 Å². The number of benzene rings is 1. The van der Waals surface area contributed by atoms with E-state index in [1.165, 1.54) is 25.7 Å². The van der Waals surface area contributed by atoms with Crippen LogP contribution < -0.4 is 10.1 Å². The fourth-order valence-electron chi connectivity index (χ4n) is 3.40. The standard InChI is InChI=1S/C18H24N2O/c1-18(2)11-5-4-9-16(18)20-17-14-7-6-8-15(21-3)13(14)10-12-19-17/h6-8,10,12,16H,4-5,9,11H2,1-3H3,(H,19,20). The highest BCUT2D eigenvalue weighted by atomic mass is 16.5. The number of methoxy groups -OCH3 is 1. The van der Waals surface area contributed by atoms with E-state index in [0.717, 1.165) is 22.3 Å². The quantitative estimate of drug-likeness (QED) is 0.892. The van der Waals surface area contributed by atoms with Gasteiger partial charge in [-0.05, 0) is 30.4 Å². The van der Waals surface area contributed by atoms with E-state index in [0.29, 0.717) is 11.5 Å². The first kappa shape index (κ1) is 14.2. The van der Waals surface area contributed by atoms with Crippen molar-refractivity contribution in [3.8, 4) is 5.75 Å². The summed E-state index contributed by atoms with van der Waals surface area (Å²) in [4.78, 5) is 4.58. The monoisotopic (exact) mass is 284 g/mol. The summed E-state index contributed by atoms with van der Waals surface area (Å²) < 4.78 is 5.46. The first-order chi connectivity index (χ1) is 10.1. The third-order valence-corrected chi connectivity index (χ3v) is 4.80. The lowest BCUT2D eigenvalue weighted by Crippen LogP contribution is -2.39. The second-order valence-corrected chi connectivity index (χ2v) is 6.65. The van der Waals surface area contributed by atoms with Gasteiger partial charge >= 0.3 is 0 Å². The summed E-state index contributed by atoms with van der Waals surface area (Å²) in [6, 6.07) is 8.64. The van der Waals surface area contributed by atoms with Crippen molar-refractivity contribution in [3.05, 3.63) is 30.5 Å². The van der Waals surface area contributed by atoms with Gasteiger partial charge in [0.1, 0.15) is 11.6 Å². The maximum Gasteiger partial charge on any atom is 0.134 e. The van der Waals surface area contributed by atoms with Gasteiger partial charge in [-0.25, -0.2) is 4.98 Å². The molecule has 0 bridgehead atoms. The van der Waals surface area contributed by atoms with Crippen molar-refractivity contribution in [1.82, 2.24) is 4.98 Å². The summed E-state index contributed by atoms with van der Waals surface area (Å²) in [6.45, 7) is 4.71. The average Bonchev–Trinajstić information content (AvgIpc) is 2.49. The van der Waals surface area contributed by atoms with E-state index >= 15 is 0 Å². The van der Waals surface area contributed by atoms with E-state index in [-0.39, 0.29) is 0 Å². The van der Waals surface area contributed by atoms with Crippen LogP contribution >= 0.6 is 0 Å². The Kier molecular flexibility index (Phi) is 3.75. The molecular weight excluding hydrogens is 260 g/mol. The van der Waals surface area contributed by atoms with Crippen LogP contribution in [0.1, 0.15) is 39.5 Å². The molecule has 21 heavy (non-hydrogen) atoms. The van der Waals surface area contributed by atoms with Crippen molar-refractivity contribution in [3.63, 3.8) is 0 Å². The molecule has 1 atom stereocenters. The normalized spacial score (nSPS) is 21.2. The van der Waals surface area contributed by atoms with Crippen molar-refractivity contribution in [2.75, 3.05) is 12.4 Å². The lowest BCUT2D eigenvalue weighted by atomic mass is 9.73. The first-order valence-electron chi connectivity index (χ1n) is 7.80. The molecule has 0 spiro atoms. The van der Waals surface area contributed by atoms with Gasteiger partial charge in [0.05, 0.1) is 7.11 Å². The zero-order valence-corrected chi connectivity index (χ0v) is 13.1. The Morgan fingerprint density at radius 1 is 1.19 bits per heavy atom. The maximum absolute atomic E-state index is 5.46. The molecule has 3 rings (SSSR count). The fourth-order valence-corrected chi connectivity index (χ4v) is 3.40. The van der Waals surface area contributed by atoms with Crippen LogP contribution in [0.3, 0.4) is 0 Å². The number of aromatic nitrogens is 1. The number of rotatable bonds is 3. The minimum absolute atomic E-state index is 0.320. The number of anilines is 1. The number of ether oxygens (including phenoxy) is 1. The molecule has 0 saturated heterocycles. The summed E-state index contributed by atoms with van der Waals surface area (Å²) >= 11 is 0. The van der Waals surface area contributed by atoms with Crippen LogP contribution in [-0.4, -0.2) is 18.1 Å². The molecule has 1 aliphatic rings. The van der Waals surface area contributed by atoms with Crippen molar-refractivity contribution in [2.24, 2.45) is 5.41 Å². The molecule has 0 aliphatic heterocycles. The van der Waals surface area contributed by atoms with Crippen LogP contribution in [-0.2, 0) is 0 Å². The highest BCUT2D eigenvalue weighted by Crippen LogP contribution is 2.38. The lowest BCUT2D eigenvalue weighted by molar-refractivity contribution is 0.217. The molecule has 1 aliphatic carbocycles. The molecule has 1 heterocycles. The van der Waals surface area contributed by atoms with Crippen molar-refractivity contribution in [1.29, 1.82) is 0 Å². The second-order valence-electron chi connectivity index (χ2n) is 6.65. The zero-order chi connectivity index (χ0) is 14.9. The maximum atomic E-state index is 5.46. The van der Waals surface area contributed by atoms with Gasteiger partial charge in [0.25, 0.3) is 0 Å². The van der Waals surface area contributed by atoms with Gasteiger partial charge in [0.15, 0.2) is 0 Å². The Balaban J connectivity index is 1.97. The molecule has 0 radical (unpaired) electrons. The summed E-state index contributed by atoms with van der Waals surface area (Å²) in [5.41, 5.74) is 0.320. The summed E-state index contributed by atoms with van der Waals surface area (Å²) in [5, 5.41) is 5.95. The van der Waals surface area contributed by atoms with Crippen molar-refractivity contribution in [2.45, 2.75) is 45.6 Å². The minimum atomic E-state index is 0.320. The van der Waals surface area contributed by atoms with Gasteiger partial charge in [-0.1, -0.05) is 38.8 Å². The van der Waals surface area contributed by atoms with Gasteiger partial charge < -0.3 is 10.1 Å². The minimum Gasteiger partial charge on any atom is -0.496 e. The van der Waals surface area contributed by atoms with Crippen LogP contribution in [0.15, 0.2) is 30.5 Å². The number of fused-ring (bicyclic) bond motifs is 1. The third-order valence-electron chi connectivity index (χ3n) is 4.80. The molecule has 1 unspecified atom stereocenters. The van der Waals surface area contributed by atoms with Gasteiger partial charge in [-0.15, -0.1) is 0 Å². The van der Waals surface area contributed by atoms with Crippen LogP contribution in [0.25, 0.3) is 10.8 Å². The van der Waals surface area contributed by atoms with Crippen LogP contribution in [0.2, 0.25) is 0 Å². The summed E-state index contributed by atoms with van der Waals surface area (Å²) in [7, 11) is 1.71. The molecule has 1 aromatic heterocycles. The zero-order valence-electron chi connectivity index (χ0n) is 13.1. The molecule has 1 saturated carbocycles. The van der Waals surface area contributed by atoms with Gasteiger partial charge in [-0.2, -0.15) is 0 Å². The number of hydrogen-bond acceptors (Lipinski definition) is 3. The highest BCUT2D eigenvalue weighted by molar-refractivity contribution is 5.95. The molecule has 1 fully saturated rings. The van der Waals surface area contributed by atoms with E-state index in [9.17, 15) is 0 Å². The number of nitrogens with zero attached hydrogens (tertiary/aromatic N) is 1. The van der Waals surface area contributed by atoms with Crippen molar-refractivity contribution < 1.29 is 4.74 Å². The van der Waals surface area contributed by atoms with Crippen LogP contribution in [0.4, 0.5) is 5.82 Å². The third kappa shape index (κ3) is 2.69. The molecular formula is C18H24N2O. The fraction of sp³-hybridized carbons (Fsp3) is 0.500. The number of nitrogens with one attached hydrogen (secondary N) is 1. The highest BCUT2D eigenvalue weighted by Gasteiger charge is 2.32. The van der Waals surface area contributed by atoms with Gasteiger partial charge in [-0.3, -0.25) is 0 Å².